The van der Waals surface area contributed by atoms with Crippen LogP contribution < -0.4 is 0 Å². The number of hydrogen-bond donors (Lipinski definition) is 0. The van der Waals surface area contributed by atoms with Gasteiger partial charge in [0.15, 0.2) is 0 Å². The summed E-state index contributed by atoms with van der Waals surface area (Å²) in [6.07, 6.45) is 8.62. The van der Waals surface area contributed by atoms with Crippen LogP contribution in [0.2, 0.25) is 0 Å². The highest BCUT2D eigenvalue weighted by molar-refractivity contribution is 9.09. The van der Waals surface area contributed by atoms with E-state index in [1.807, 2.05) is 11.9 Å². The molecule has 1 amide bonds. The van der Waals surface area contributed by atoms with Crippen molar-refractivity contribution in [2.24, 2.45) is 5.92 Å². The summed E-state index contributed by atoms with van der Waals surface area (Å²) < 4.78 is 0. The molecular formula is C13H24BrNO. The first-order valence-corrected chi connectivity index (χ1v) is 7.39. The van der Waals surface area contributed by atoms with Gasteiger partial charge in [-0.25, -0.2) is 0 Å². The molecular weight excluding hydrogens is 266 g/mol. The summed E-state index contributed by atoms with van der Waals surface area (Å²) >= 11 is 3.49. The zero-order valence-corrected chi connectivity index (χ0v) is 12.1. The minimum Gasteiger partial charge on any atom is -0.345 e. The predicted octanol–water partition coefficient (Wildman–Crippen LogP) is 3.59. The Morgan fingerprint density at radius 2 is 1.88 bits per heavy atom. The molecule has 94 valence electrons. The van der Waals surface area contributed by atoms with Gasteiger partial charge in [-0.3, -0.25) is 4.79 Å². The van der Waals surface area contributed by atoms with Crippen LogP contribution in [-0.2, 0) is 4.79 Å². The van der Waals surface area contributed by atoms with E-state index in [9.17, 15) is 4.79 Å². The van der Waals surface area contributed by atoms with E-state index in [1.54, 1.807) is 0 Å². The summed E-state index contributed by atoms with van der Waals surface area (Å²) in [5.74, 6) is 0.960. The number of hydrogen-bond acceptors (Lipinski definition) is 1. The summed E-state index contributed by atoms with van der Waals surface area (Å²) in [5.41, 5.74) is 0. The minimum atomic E-state index is 0.318. The molecule has 1 fully saturated rings. The van der Waals surface area contributed by atoms with Gasteiger partial charge in [0.1, 0.15) is 0 Å². The standard InChI is InChI=1S/C13H24BrNO/c1-11(14)10-15(2)13(16)9-12-7-5-3-4-6-8-12/h11-12H,3-10H2,1-2H3. The Kier molecular flexibility index (Phi) is 6.40. The second-order valence-corrected chi connectivity index (χ2v) is 6.68. The third-order valence-corrected chi connectivity index (χ3v) is 3.68. The highest BCUT2D eigenvalue weighted by Gasteiger charge is 2.18. The van der Waals surface area contributed by atoms with Gasteiger partial charge in [-0.2, -0.15) is 0 Å². The fourth-order valence-corrected chi connectivity index (χ4v) is 2.88. The fourth-order valence-electron chi connectivity index (χ4n) is 2.45. The molecule has 1 aliphatic carbocycles. The van der Waals surface area contributed by atoms with E-state index in [0.29, 0.717) is 16.7 Å². The molecule has 16 heavy (non-hydrogen) atoms. The molecule has 1 rings (SSSR count). The van der Waals surface area contributed by atoms with Gasteiger partial charge in [0.2, 0.25) is 5.91 Å². The van der Waals surface area contributed by atoms with Gasteiger partial charge >= 0.3 is 0 Å². The molecule has 0 aromatic carbocycles. The summed E-state index contributed by atoms with van der Waals surface area (Å²) in [6.45, 7) is 2.89. The first-order chi connectivity index (χ1) is 7.59. The van der Waals surface area contributed by atoms with Crippen molar-refractivity contribution in [1.82, 2.24) is 4.90 Å². The number of amides is 1. The largest absolute Gasteiger partial charge is 0.345 e. The van der Waals surface area contributed by atoms with Crippen molar-refractivity contribution in [2.75, 3.05) is 13.6 Å². The molecule has 1 saturated carbocycles. The SMILES string of the molecule is CC(Br)CN(C)C(=O)CC1CCCCCC1. The Bertz CT molecular complexity index is 210. The molecule has 1 unspecified atom stereocenters. The Balaban J connectivity index is 2.31. The lowest BCUT2D eigenvalue weighted by Crippen LogP contribution is -2.32. The second kappa shape index (κ2) is 7.31. The second-order valence-electron chi connectivity index (χ2n) is 5.12. The Hall–Kier alpha value is -0.0500. The Morgan fingerprint density at radius 1 is 1.31 bits per heavy atom. The van der Waals surface area contributed by atoms with Crippen LogP contribution in [-0.4, -0.2) is 29.2 Å². The van der Waals surface area contributed by atoms with Gasteiger partial charge in [0.05, 0.1) is 0 Å². The molecule has 0 aromatic rings. The maximum Gasteiger partial charge on any atom is 0.222 e. The normalized spacial score (nSPS) is 20.2. The zero-order valence-electron chi connectivity index (χ0n) is 10.5. The zero-order chi connectivity index (χ0) is 12.0. The highest BCUT2D eigenvalue weighted by Crippen LogP contribution is 2.25. The van der Waals surface area contributed by atoms with Crippen molar-refractivity contribution in [3.63, 3.8) is 0 Å². The molecule has 0 aliphatic heterocycles. The van der Waals surface area contributed by atoms with Crippen LogP contribution in [0.15, 0.2) is 0 Å². The molecule has 0 radical (unpaired) electrons. The number of rotatable bonds is 4. The monoisotopic (exact) mass is 289 g/mol. The number of nitrogens with zero attached hydrogens (tertiary/aromatic N) is 1. The van der Waals surface area contributed by atoms with Gasteiger partial charge in [-0.05, 0) is 18.8 Å². The van der Waals surface area contributed by atoms with Crippen LogP contribution in [0.25, 0.3) is 0 Å². The van der Waals surface area contributed by atoms with Crippen LogP contribution in [0, 0.1) is 5.92 Å². The Morgan fingerprint density at radius 3 is 2.38 bits per heavy atom. The molecule has 0 N–H and O–H groups in total. The van der Waals surface area contributed by atoms with E-state index in [1.165, 1.54) is 38.5 Å². The minimum absolute atomic E-state index is 0.318. The van der Waals surface area contributed by atoms with Gasteiger partial charge in [0, 0.05) is 24.8 Å². The van der Waals surface area contributed by atoms with Gasteiger partial charge < -0.3 is 4.90 Å². The van der Waals surface area contributed by atoms with Crippen molar-refractivity contribution >= 4 is 21.8 Å². The fraction of sp³-hybridized carbons (Fsp3) is 0.923. The lowest BCUT2D eigenvalue weighted by molar-refractivity contribution is -0.130. The lowest BCUT2D eigenvalue weighted by atomic mass is 9.96. The van der Waals surface area contributed by atoms with Crippen molar-refractivity contribution in [3.05, 3.63) is 0 Å². The predicted molar refractivity (Wildman–Crippen MR) is 71.8 cm³/mol. The average molecular weight is 290 g/mol. The van der Waals surface area contributed by atoms with E-state index < -0.39 is 0 Å². The molecule has 3 heteroatoms. The maximum atomic E-state index is 12.0. The summed E-state index contributed by atoms with van der Waals surface area (Å²) in [7, 11) is 1.91. The van der Waals surface area contributed by atoms with Crippen LogP contribution in [0.5, 0.6) is 0 Å². The first kappa shape index (κ1) is 14.0. The van der Waals surface area contributed by atoms with Crippen LogP contribution in [0.3, 0.4) is 0 Å². The van der Waals surface area contributed by atoms with Crippen molar-refractivity contribution < 1.29 is 4.79 Å². The molecule has 0 spiro atoms. The van der Waals surface area contributed by atoms with Crippen molar-refractivity contribution in [1.29, 1.82) is 0 Å². The first-order valence-electron chi connectivity index (χ1n) is 6.47. The van der Waals surface area contributed by atoms with Crippen molar-refractivity contribution in [2.45, 2.75) is 56.7 Å². The summed E-state index contributed by atoms with van der Waals surface area (Å²) in [4.78, 5) is 14.2. The van der Waals surface area contributed by atoms with Crippen molar-refractivity contribution in [3.8, 4) is 0 Å². The molecule has 0 aromatic heterocycles. The summed E-state index contributed by atoms with van der Waals surface area (Å²) in [6, 6.07) is 0. The quantitative estimate of drug-likeness (QED) is 0.572. The molecule has 1 atom stereocenters. The molecule has 2 nitrogen and oxygen atoms in total. The van der Waals surface area contributed by atoms with E-state index >= 15 is 0 Å². The maximum absolute atomic E-state index is 12.0. The number of halogens is 1. The number of carbonyl (C=O) groups is 1. The molecule has 0 saturated heterocycles. The number of carbonyl (C=O) groups excluding carboxylic acids is 1. The van der Waals surface area contributed by atoms with Gasteiger partial charge in [0.25, 0.3) is 0 Å². The van der Waals surface area contributed by atoms with E-state index in [4.69, 9.17) is 0 Å². The van der Waals surface area contributed by atoms with E-state index in [-0.39, 0.29) is 0 Å². The Labute approximate surface area is 108 Å². The van der Waals surface area contributed by atoms with Crippen LogP contribution in [0.4, 0.5) is 0 Å². The molecule has 1 aliphatic rings. The van der Waals surface area contributed by atoms with Gasteiger partial charge in [-0.15, -0.1) is 0 Å². The average Bonchev–Trinajstić information content (AvgIpc) is 2.45. The topological polar surface area (TPSA) is 20.3 Å². The number of alkyl halides is 1. The summed E-state index contributed by atoms with van der Waals surface area (Å²) in [5, 5.41) is 0. The van der Waals surface area contributed by atoms with Gasteiger partial charge in [-0.1, -0.05) is 48.5 Å². The lowest BCUT2D eigenvalue weighted by Gasteiger charge is -2.21. The van der Waals surface area contributed by atoms with E-state index in [0.717, 1.165) is 13.0 Å². The highest BCUT2D eigenvalue weighted by atomic mass is 79.9. The molecule has 0 bridgehead atoms. The third-order valence-electron chi connectivity index (χ3n) is 3.39. The van der Waals surface area contributed by atoms with Crippen LogP contribution in [0.1, 0.15) is 51.9 Å². The molecule has 0 heterocycles. The smallest absolute Gasteiger partial charge is 0.222 e. The third kappa shape index (κ3) is 5.33. The van der Waals surface area contributed by atoms with Crippen LogP contribution >= 0.6 is 15.9 Å². The van der Waals surface area contributed by atoms with E-state index in [2.05, 4.69) is 22.9 Å².